The maximum atomic E-state index is 6.31. The Kier molecular flexibility index (Phi) is 3.33. The van der Waals surface area contributed by atoms with Gasteiger partial charge in [-0.25, -0.2) is 0 Å². The second kappa shape index (κ2) is 4.24. The molecule has 100 valence electrons. The summed E-state index contributed by atoms with van der Waals surface area (Å²) in [7, 11) is 0. The van der Waals surface area contributed by atoms with E-state index < -0.39 is 0 Å². The van der Waals surface area contributed by atoms with E-state index >= 15 is 0 Å². The van der Waals surface area contributed by atoms with Crippen LogP contribution in [0.1, 0.15) is 59.8 Å². The van der Waals surface area contributed by atoms with Gasteiger partial charge in [0, 0.05) is 18.6 Å². The van der Waals surface area contributed by atoms with Crippen molar-refractivity contribution < 1.29 is 0 Å². The lowest BCUT2D eigenvalue weighted by Crippen LogP contribution is -2.52. The van der Waals surface area contributed by atoms with E-state index in [4.69, 9.17) is 5.73 Å². The molecule has 2 nitrogen and oxygen atoms in total. The second-order valence-electron chi connectivity index (χ2n) is 7.77. The molecule has 0 aromatic rings. The third-order valence-electron chi connectivity index (χ3n) is 5.54. The van der Waals surface area contributed by atoms with E-state index in [0.29, 0.717) is 5.41 Å². The highest BCUT2D eigenvalue weighted by Gasteiger charge is 2.43. The molecule has 0 amide bonds. The Morgan fingerprint density at radius 1 is 1.06 bits per heavy atom. The molecule has 1 aliphatic carbocycles. The van der Waals surface area contributed by atoms with Crippen LogP contribution in [-0.2, 0) is 0 Å². The van der Waals surface area contributed by atoms with E-state index in [-0.39, 0.29) is 11.0 Å². The molecule has 1 heterocycles. The zero-order valence-electron chi connectivity index (χ0n) is 12.2. The highest BCUT2D eigenvalue weighted by molar-refractivity contribution is 4.98. The van der Waals surface area contributed by atoms with Crippen LogP contribution in [0.15, 0.2) is 0 Å². The highest BCUT2D eigenvalue weighted by atomic mass is 15.2. The van der Waals surface area contributed by atoms with Crippen molar-refractivity contribution in [1.82, 2.24) is 4.90 Å². The Morgan fingerprint density at radius 2 is 1.65 bits per heavy atom. The van der Waals surface area contributed by atoms with Gasteiger partial charge in [0.15, 0.2) is 0 Å². The summed E-state index contributed by atoms with van der Waals surface area (Å²) >= 11 is 0. The van der Waals surface area contributed by atoms with Gasteiger partial charge in [0.25, 0.3) is 0 Å². The van der Waals surface area contributed by atoms with Crippen molar-refractivity contribution in [3.8, 4) is 0 Å². The van der Waals surface area contributed by atoms with E-state index in [2.05, 4.69) is 32.6 Å². The van der Waals surface area contributed by atoms with Gasteiger partial charge in [0.1, 0.15) is 0 Å². The van der Waals surface area contributed by atoms with E-state index in [1.165, 1.54) is 45.2 Å². The monoisotopic (exact) mass is 238 g/mol. The quantitative estimate of drug-likeness (QED) is 0.819. The van der Waals surface area contributed by atoms with Gasteiger partial charge in [-0.15, -0.1) is 0 Å². The summed E-state index contributed by atoms with van der Waals surface area (Å²) in [6, 6.07) is 0. The van der Waals surface area contributed by atoms with Crippen molar-refractivity contribution >= 4 is 0 Å². The third kappa shape index (κ3) is 2.68. The maximum absolute atomic E-state index is 6.31. The van der Waals surface area contributed by atoms with Gasteiger partial charge in [-0.3, -0.25) is 0 Å². The van der Waals surface area contributed by atoms with Crippen molar-refractivity contribution in [2.45, 2.75) is 65.3 Å². The van der Waals surface area contributed by atoms with E-state index in [1.54, 1.807) is 0 Å². The number of likely N-dealkylation sites (tertiary alicyclic amines) is 1. The molecule has 2 aliphatic rings. The minimum Gasteiger partial charge on any atom is -0.325 e. The van der Waals surface area contributed by atoms with Gasteiger partial charge >= 0.3 is 0 Å². The Balaban J connectivity index is 1.94. The fourth-order valence-corrected chi connectivity index (χ4v) is 3.46. The van der Waals surface area contributed by atoms with Crippen LogP contribution in [0.25, 0.3) is 0 Å². The first-order valence-electron chi connectivity index (χ1n) is 7.26. The summed E-state index contributed by atoms with van der Waals surface area (Å²) < 4.78 is 0. The van der Waals surface area contributed by atoms with E-state index in [9.17, 15) is 0 Å². The summed E-state index contributed by atoms with van der Waals surface area (Å²) in [5.41, 5.74) is 7.09. The van der Waals surface area contributed by atoms with E-state index in [0.717, 1.165) is 6.54 Å². The van der Waals surface area contributed by atoms with Gasteiger partial charge in [-0.05, 0) is 50.5 Å². The highest BCUT2D eigenvalue weighted by Crippen LogP contribution is 2.46. The standard InChI is InChI=1S/C15H30N2/c1-13(2,14(3,4)16)11-17-10-9-15(12-17)7-5-6-8-15/h5-12,16H2,1-4H3. The minimum atomic E-state index is -0.0988. The van der Waals surface area contributed by atoms with Crippen LogP contribution >= 0.6 is 0 Å². The fraction of sp³-hybridized carbons (Fsp3) is 1.00. The lowest BCUT2D eigenvalue weighted by Gasteiger charge is -2.41. The molecule has 0 aromatic carbocycles. The number of hydrogen-bond donors (Lipinski definition) is 1. The minimum absolute atomic E-state index is 0.0988. The summed E-state index contributed by atoms with van der Waals surface area (Å²) in [6.07, 6.45) is 7.28. The van der Waals surface area contributed by atoms with Gasteiger partial charge < -0.3 is 10.6 Å². The Hall–Kier alpha value is -0.0800. The average molecular weight is 238 g/mol. The topological polar surface area (TPSA) is 29.3 Å². The molecule has 2 heteroatoms. The smallest absolute Gasteiger partial charge is 0.0161 e. The number of rotatable bonds is 3. The molecule has 0 unspecified atom stereocenters. The number of hydrogen-bond acceptors (Lipinski definition) is 2. The van der Waals surface area contributed by atoms with Crippen LogP contribution < -0.4 is 5.73 Å². The SMILES string of the molecule is CC(C)(N)C(C)(C)CN1CCC2(CCCC2)C1. The first kappa shape index (κ1) is 13.4. The summed E-state index contributed by atoms with van der Waals surface area (Å²) in [6.45, 7) is 12.7. The normalized spacial score (nSPS) is 25.9. The zero-order valence-corrected chi connectivity index (χ0v) is 12.2. The number of nitrogens with two attached hydrogens (primary N) is 1. The van der Waals surface area contributed by atoms with Gasteiger partial charge in [0.2, 0.25) is 0 Å². The summed E-state index contributed by atoms with van der Waals surface area (Å²) in [4.78, 5) is 2.67. The van der Waals surface area contributed by atoms with Crippen LogP contribution in [0, 0.1) is 10.8 Å². The molecule has 1 spiro atoms. The van der Waals surface area contributed by atoms with Crippen LogP contribution in [0.3, 0.4) is 0 Å². The lowest BCUT2D eigenvalue weighted by molar-refractivity contribution is 0.120. The first-order chi connectivity index (χ1) is 7.74. The van der Waals surface area contributed by atoms with Crippen molar-refractivity contribution in [3.05, 3.63) is 0 Å². The molecule has 2 fully saturated rings. The maximum Gasteiger partial charge on any atom is 0.0161 e. The molecule has 1 saturated heterocycles. The molecule has 0 bridgehead atoms. The molecule has 0 radical (unpaired) electrons. The van der Waals surface area contributed by atoms with E-state index in [1.807, 2.05) is 0 Å². The Morgan fingerprint density at radius 3 is 2.18 bits per heavy atom. The van der Waals surface area contributed by atoms with Crippen LogP contribution in [0.4, 0.5) is 0 Å². The molecule has 0 atom stereocenters. The van der Waals surface area contributed by atoms with Gasteiger partial charge in [0.05, 0.1) is 0 Å². The van der Waals surface area contributed by atoms with Gasteiger partial charge in [-0.1, -0.05) is 26.7 Å². The average Bonchev–Trinajstić information content (AvgIpc) is 2.75. The molecule has 1 aliphatic heterocycles. The largest absolute Gasteiger partial charge is 0.325 e. The predicted octanol–water partition coefficient (Wildman–Crippen LogP) is 3.02. The van der Waals surface area contributed by atoms with Crippen LogP contribution in [0.5, 0.6) is 0 Å². The van der Waals surface area contributed by atoms with Crippen LogP contribution in [-0.4, -0.2) is 30.1 Å². The second-order valence-corrected chi connectivity index (χ2v) is 7.77. The molecule has 1 saturated carbocycles. The van der Waals surface area contributed by atoms with Gasteiger partial charge in [-0.2, -0.15) is 0 Å². The molecule has 2 rings (SSSR count). The molecule has 17 heavy (non-hydrogen) atoms. The molecular formula is C15H30N2. The zero-order chi connectivity index (χ0) is 12.7. The Bertz CT molecular complexity index is 269. The molecule has 0 aromatic heterocycles. The first-order valence-corrected chi connectivity index (χ1v) is 7.26. The lowest BCUT2D eigenvalue weighted by atomic mass is 9.75. The number of nitrogens with zero attached hydrogens (tertiary/aromatic N) is 1. The Labute approximate surface area is 107 Å². The summed E-state index contributed by atoms with van der Waals surface area (Å²) in [5, 5.41) is 0. The van der Waals surface area contributed by atoms with Crippen molar-refractivity contribution in [2.75, 3.05) is 19.6 Å². The van der Waals surface area contributed by atoms with Crippen LogP contribution in [0.2, 0.25) is 0 Å². The molecular weight excluding hydrogens is 208 g/mol. The fourth-order valence-electron chi connectivity index (χ4n) is 3.46. The van der Waals surface area contributed by atoms with Crippen molar-refractivity contribution in [3.63, 3.8) is 0 Å². The van der Waals surface area contributed by atoms with Crippen molar-refractivity contribution in [1.29, 1.82) is 0 Å². The third-order valence-corrected chi connectivity index (χ3v) is 5.54. The predicted molar refractivity (Wildman–Crippen MR) is 74.0 cm³/mol. The van der Waals surface area contributed by atoms with Crippen molar-refractivity contribution in [2.24, 2.45) is 16.6 Å². The molecule has 2 N–H and O–H groups in total. The summed E-state index contributed by atoms with van der Waals surface area (Å²) in [5.74, 6) is 0.